The maximum absolute atomic E-state index is 10.0. The van der Waals surface area contributed by atoms with Gasteiger partial charge in [0.1, 0.15) is 6.04 Å². The van der Waals surface area contributed by atoms with E-state index in [4.69, 9.17) is 0 Å². The van der Waals surface area contributed by atoms with Crippen molar-refractivity contribution < 1.29 is 0 Å². The normalized spacial score (nSPS) is 30.1. The Hall–Kier alpha value is -0.440. The lowest BCUT2D eigenvalue weighted by Crippen LogP contribution is -2.30. The second kappa shape index (κ2) is 2.92. The minimum atomic E-state index is -0.0486. The third-order valence-electron chi connectivity index (χ3n) is 1.85. The van der Waals surface area contributed by atoms with E-state index in [1.54, 1.807) is 0 Å². The van der Waals surface area contributed by atoms with Gasteiger partial charge in [-0.25, -0.2) is 0 Å². The number of nitroso groups, excluding NO2 is 1. The predicted molar refractivity (Wildman–Crippen MR) is 36.3 cm³/mol. The lowest BCUT2D eigenvalue weighted by Gasteiger charge is -2.10. The molecule has 1 aliphatic rings. The molecular weight excluding hydrogens is 116 g/mol. The Kier molecular flexibility index (Phi) is 2.16. The van der Waals surface area contributed by atoms with Gasteiger partial charge in [0.2, 0.25) is 0 Å². The van der Waals surface area contributed by atoms with E-state index < -0.39 is 0 Å². The Morgan fingerprint density at radius 2 is 2.56 bits per heavy atom. The van der Waals surface area contributed by atoms with Gasteiger partial charge in [0.15, 0.2) is 0 Å². The van der Waals surface area contributed by atoms with E-state index in [2.05, 4.69) is 10.5 Å². The molecule has 0 bridgehead atoms. The van der Waals surface area contributed by atoms with Crippen molar-refractivity contribution in [2.24, 2.45) is 5.18 Å². The topological polar surface area (TPSA) is 41.5 Å². The average Bonchev–Trinajstić information content (AvgIpc) is 2.37. The Bertz CT molecular complexity index is 99.2. The van der Waals surface area contributed by atoms with Gasteiger partial charge in [-0.15, -0.1) is 0 Å². The summed E-state index contributed by atoms with van der Waals surface area (Å²) < 4.78 is 0. The van der Waals surface area contributed by atoms with Crippen molar-refractivity contribution in [2.45, 2.75) is 31.8 Å². The summed E-state index contributed by atoms with van der Waals surface area (Å²) in [6.07, 6.45) is 2.29. The molecule has 9 heavy (non-hydrogen) atoms. The molecule has 0 aromatic rings. The van der Waals surface area contributed by atoms with Crippen molar-refractivity contribution in [1.82, 2.24) is 5.32 Å². The molecule has 0 saturated carbocycles. The van der Waals surface area contributed by atoms with Gasteiger partial charge in [0.05, 0.1) is 0 Å². The summed E-state index contributed by atoms with van der Waals surface area (Å²) >= 11 is 0. The number of rotatable bonds is 2. The van der Waals surface area contributed by atoms with Crippen LogP contribution >= 0.6 is 0 Å². The quantitative estimate of drug-likeness (QED) is 0.561. The molecule has 0 amide bonds. The molecule has 3 heteroatoms. The van der Waals surface area contributed by atoms with Crippen LogP contribution in [0.1, 0.15) is 19.8 Å². The molecule has 1 saturated heterocycles. The molecule has 0 aliphatic carbocycles. The molecule has 1 rings (SSSR count). The summed E-state index contributed by atoms with van der Waals surface area (Å²) in [4.78, 5) is 10.0. The Balaban J connectivity index is 2.32. The van der Waals surface area contributed by atoms with Gasteiger partial charge < -0.3 is 5.32 Å². The fraction of sp³-hybridized carbons (Fsp3) is 1.00. The zero-order chi connectivity index (χ0) is 6.69. The number of nitrogens with one attached hydrogen (secondary N) is 1. The number of nitrogens with zero attached hydrogens (tertiary/aromatic N) is 1. The summed E-state index contributed by atoms with van der Waals surface area (Å²) in [5.74, 6) is 0. The summed E-state index contributed by atoms with van der Waals surface area (Å²) in [6.45, 7) is 2.90. The van der Waals surface area contributed by atoms with Crippen molar-refractivity contribution in [2.75, 3.05) is 6.54 Å². The van der Waals surface area contributed by atoms with Crippen LogP contribution in [-0.2, 0) is 0 Å². The molecule has 52 valence electrons. The molecule has 0 radical (unpaired) electrons. The molecule has 1 aliphatic heterocycles. The van der Waals surface area contributed by atoms with E-state index in [-0.39, 0.29) is 6.04 Å². The van der Waals surface area contributed by atoms with Crippen LogP contribution in [0, 0.1) is 4.91 Å². The lowest BCUT2D eigenvalue weighted by molar-refractivity contribution is 0.512. The fourth-order valence-corrected chi connectivity index (χ4v) is 1.20. The van der Waals surface area contributed by atoms with E-state index in [9.17, 15) is 4.91 Å². The smallest absolute Gasteiger partial charge is 0.104 e. The zero-order valence-corrected chi connectivity index (χ0v) is 5.63. The largest absolute Gasteiger partial charge is 0.312 e. The van der Waals surface area contributed by atoms with Crippen molar-refractivity contribution >= 4 is 0 Å². The minimum absolute atomic E-state index is 0.0486. The van der Waals surface area contributed by atoms with Crippen LogP contribution in [0.15, 0.2) is 5.18 Å². The van der Waals surface area contributed by atoms with Crippen molar-refractivity contribution in [3.05, 3.63) is 4.91 Å². The van der Waals surface area contributed by atoms with Gasteiger partial charge in [-0.3, -0.25) is 0 Å². The Morgan fingerprint density at radius 3 is 3.00 bits per heavy atom. The second-order valence-corrected chi connectivity index (χ2v) is 2.55. The zero-order valence-electron chi connectivity index (χ0n) is 5.63. The van der Waals surface area contributed by atoms with Gasteiger partial charge in [0, 0.05) is 6.04 Å². The lowest BCUT2D eigenvalue weighted by atomic mass is 10.1. The molecule has 2 atom stereocenters. The van der Waals surface area contributed by atoms with E-state index in [1.165, 1.54) is 6.42 Å². The third-order valence-corrected chi connectivity index (χ3v) is 1.85. The first kappa shape index (κ1) is 6.68. The highest BCUT2D eigenvalue weighted by molar-refractivity contribution is 4.82. The second-order valence-electron chi connectivity index (χ2n) is 2.55. The Labute approximate surface area is 54.8 Å². The molecule has 1 heterocycles. The first-order chi connectivity index (χ1) is 4.34. The molecule has 0 aromatic carbocycles. The highest BCUT2D eigenvalue weighted by atomic mass is 16.3. The van der Waals surface area contributed by atoms with E-state index in [0.717, 1.165) is 13.0 Å². The summed E-state index contributed by atoms with van der Waals surface area (Å²) in [6, 6.07) is 0.301. The van der Waals surface area contributed by atoms with Crippen LogP contribution in [0.3, 0.4) is 0 Å². The van der Waals surface area contributed by atoms with Crippen LogP contribution in [0.2, 0.25) is 0 Å². The standard InChI is InChI=1S/C6H12N2O/c1-5(8-9)6-3-2-4-7-6/h5-7H,2-4H2,1H3. The molecule has 1 fully saturated rings. The average molecular weight is 128 g/mol. The number of hydrogen-bond acceptors (Lipinski definition) is 3. The summed E-state index contributed by atoms with van der Waals surface area (Å²) in [5.41, 5.74) is 0. The van der Waals surface area contributed by atoms with Gasteiger partial charge in [-0.05, 0) is 26.3 Å². The number of hydrogen-bond donors (Lipinski definition) is 1. The third kappa shape index (κ3) is 1.48. The van der Waals surface area contributed by atoms with Crippen molar-refractivity contribution in [3.8, 4) is 0 Å². The molecule has 0 spiro atoms. The highest BCUT2D eigenvalue weighted by Crippen LogP contribution is 2.10. The molecule has 0 aromatic heterocycles. The maximum Gasteiger partial charge on any atom is 0.104 e. The van der Waals surface area contributed by atoms with Gasteiger partial charge in [-0.2, -0.15) is 4.91 Å². The van der Waals surface area contributed by atoms with Crippen molar-refractivity contribution in [3.63, 3.8) is 0 Å². The predicted octanol–water partition coefficient (Wildman–Crippen LogP) is 0.893. The van der Waals surface area contributed by atoms with Gasteiger partial charge >= 0.3 is 0 Å². The monoisotopic (exact) mass is 128 g/mol. The van der Waals surface area contributed by atoms with E-state index >= 15 is 0 Å². The molecule has 2 unspecified atom stereocenters. The van der Waals surface area contributed by atoms with Crippen LogP contribution < -0.4 is 5.32 Å². The SMILES string of the molecule is CC(N=O)C1CCCN1. The van der Waals surface area contributed by atoms with Gasteiger partial charge in [0.25, 0.3) is 0 Å². The Morgan fingerprint density at radius 1 is 1.78 bits per heavy atom. The molecule has 1 N–H and O–H groups in total. The van der Waals surface area contributed by atoms with Crippen LogP contribution in [0.25, 0.3) is 0 Å². The van der Waals surface area contributed by atoms with Crippen LogP contribution in [0.4, 0.5) is 0 Å². The first-order valence-corrected chi connectivity index (χ1v) is 3.40. The van der Waals surface area contributed by atoms with Gasteiger partial charge in [-0.1, -0.05) is 5.18 Å². The van der Waals surface area contributed by atoms with E-state index in [1.807, 2.05) is 6.92 Å². The fourth-order valence-electron chi connectivity index (χ4n) is 1.20. The first-order valence-electron chi connectivity index (χ1n) is 3.40. The van der Waals surface area contributed by atoms with Crippen LogP contribution in [-0.4, -0.2) is 18.6 Å². The van der Waals surface area contributed by atoms with E-state index in [0.29, 0.717) is 6.04 Å². The van der Waals surface area contributed by atoms with Crippen molar-refractivity contribution in [1.29, 1.82) is 0 Å². The van der Waals surface area contributed by atoms with Crippen LogP contribution in [0.5, 0.6) is 0 Å². The molecule has 3 nitrogen and oxygen atoms in total. The minimum Gasteiger partial charge on any atom is -0.312 e. The highest BCUT2D eigenvalue weighted by Gasteiger charge is 2.20. The maximum atomic E-state index is 10.0. The molecular formula is C6H12N2O. The summed E-state index contributed by atoms with van der Waals surface area (Å²) in [5, 5.41) is 6.17. The summed E-state index contributed by atoms with van der Waals surface area (Å²) in [7, 11) is 0.